The van der Waals surface area contributed by atoms with Crippen molar-refractivity contribution >= 4 is 16.9 Å². The molecular weight excluding hydrogens is 286 g/mol. The molecule has 2 aromatic carbocycles. The van der Waals surface area contributed by atoms with Gasteiger partial charge < -0.3 is 9.88 Å². The largest absolute Gasteiger partial charge is 0.352 e. The van der Waals surface area contributed by atoms with E-state index in [4.69, 9.17) is 0 Å². The summed E-state index contributed by atoms with van der Waals surface area (Å²) < 4.78 is 2.05. The van der Waals surface area contributed by atoms with E-state index in [0.29, 0.717) is 13.0 Å². The third-order valence-corrected chi connectivity index (χ3v) is 4.27. The van der Waals surface area contributed by atoms with E-state index in [2.05, 4.69) is 27.9 Å². The predicted octanol–water partition coefficient (Wildman–Crippen LogP) is 3.05. The van der Waals surface area contributed by atoms with E-state index in [-0.39, 0.29) is 5.91 Å². The third-order valence-electron chi connectivity index (χ3n) is 4.27. The van der Waals surface area contributed by atoms with E-state index in [9.17, 15) is 4.79 Å². The minimum Gasteiger partial charge on any atom is -0.352 e. The Morgan fingerprint density at radius 3 is 2.74 bits per heavy atom. The lowest BCUT2D eigenvalue weighted by Gasteiger charge is -2.08. The molecule has 1 N–H and O–H groups in total. The van der Waals surface area contributed by atoms with Crippen molar-refractivity contribution in [2.45, 2.75) is 26.8 Å². The van der Waals surface area contributed by atoms with Gasteiger partial charge in [-0.05, 0) is 42.7 Å². The number of imidazole rings is 1. The number of fused-ring (bicyclic) bond motifs is 1. The van der Waals surface area contributed by atoms with Crippen LogP contribution in [-0.2, 0) is 24.8 Å². The molecule has 0 unspecified atom stereocenters. The predicted molar refractivity (Wildman–Crippen MR) is 92.2 cm³/mol. The molecule has 3 rings (SSSR count). The van der Waals surface area contributed by atoms with E-state index in [1.54, 1.807) is 0 Å². The summed E-state index contributed by atoms with van der Waals surface area (Å²) in [4.78, 5) is 16.7. The van der Waals surface area contributed by atoms with Crippen molar-refractivity contribution in [3.05, 3.63) is 65.0 Å². The maximum absolute atomic E-state index is 12.2. The first-order valence-corrected chi connectivity index (χ1v) is 7.78. The quantitative estimate of drug-likeness (QED) is 0.805. The second-order valence-electron chi connectivity index (χ2n) is 5.92. The Hall–Kier alpha value is -2.62. The maximum Gasteiger partial charge on any atom is 0.224 e. The van der Waals surface area contributed by atoms with Gasteiger partial charge in [0.15, 0.2) is 0 Å². The fourth-order valence-electron chi connectivity index (χ4n) is 2.73. The number of hydrogen-bond donors (Lipinski definition) is 1. The number of rotatable bonds is 4. The normalized spacial score (nSPS) is 10.9. The number of hydrogen-bond acceptors (Lipinski definition) is 2. The highest BCUT2D eigenvalue weighted by Gasteiger charge is 2.08. The molecule has 0 atom stereocenters. The van der Waals surface area contributed by atoms with Gasteiger partial charge in [-0.25, -0.2) is 4.98 Å². The van der Waals surface area contributed by atoms with Gasteiger partial charge in [0.2, 0.25) is 5.91 Å². The molecule has 3 aromatic rings. The fourth-order valence-corrected chi connectivity index (χ4v) is 2.73. The smallest absolute Gasteiger partial charge is 0.224 e. The van der Waals surface area contributed by atoms with E-state index >= 15 is 0 Å². The molecule has 23 heavy (non-hydrogen) atoms. The fraction of sp³-hybridized carbons (Fsp3) is 0.263. The zero-order chi connectivity index (χ0) is 16.4. The second-order valence-corrected chi connectivity index (χ2v) is 5.92. The highest BCUT2D eigenvalue weighted by Crippen LogP contribution is 2.16. The van der Waals surface area contributed by atoms with Crippen LogP contribution in [0.3, 0.4) is 0 Å². The van der Waals surface area contributed by atoms with Gasteiger partial charge in [0.25, 0.3) is 0 Å². The summed E-state index contributed by atoms with van der Waals surface area (Å²) >= 11 is 0. The second kappa shape index (κ2) is 6.24. The summed E-state index contributed by atoms with van der Waals surface area (Å²) in [6.07, 6.45) is 0.372. The van der Waals surface area contributed by atoms with Crippen molar-refractivity contribution in [1.29, 1.82) is 0 Å². The van der Waals surface area contributed by atoms with E-state index in [1.807, 2.05) is 50.4 Å². The van der Waals surface area contributed by atoms with E-state index in [0.717, 1.165) is 28.0 Å². The zero-order valence-electron chi connectivity index (χ0n) is 13.8. The lowest BCUT2D eigenvalue weighted by Crippen LogP contribution is -2.24. The first-order chi connectivity index (χ1) is 11.0. The van der Waals surface area contributed by atoms with Crippen LogP contribution in [0, 0.1) is 13.8 Å². The van der Waals surface area contributed by atoms with Crippen LogP contribution in [0.4, 0.5) is 0 Å². The molecule has 1 amide bonds. The van der Waals surface area contributed by atoms with Crippen LogP contribution in [-0.4, -0.2) is 15.5 Å². The van der Waals surface area contributed by atoms with Crippen molar-refractivity contribution in [3.8, 4) is 0 Å². The topological polar surface area (TPSA) is 46.9 Å². The highest BCUT2D eigenvalue weighted by molar-refractivity contribution is 5.82. The van der Waals surface area contributed by atoms with Gasteiger partial charge in [-0.2, -0.15) is 0 Å². The van der Waals surface area contributed by atoms with Crippen molar-refractivity contribution in [1.82, 2.24) is 14.9 Å². The summed E-state index contributed by atoms with van der Waals surface area (Å²) in [7, 11) is 2.00. The van der Waals surface area contributed by atoms with Crippen LogP contribution in [0.1, 0.15) is 22.5 Å². The molecule has 1 heterocycles. The van der Waals surface area contributed by atoms with Gasteiger partial charge in [0, 0.05) is 13.6 Å². The lowest BCUT2D eigenvalue weighted by atomic mass is 10.1. The number of carbonyl (C=O) groups excluding carboxylic acids is 1. The van der Waals surface area contributed by atoms with Crippen molar-refractivity contribution < 1.29 is 4.79 Å². The molecule has 4 nitrogen and oxygen atoms in total. The number of amides is 1. The molecule has 0 radical (unpaired) electrons. The molecule has 118 valence electrons. The van der Waals surface area contributed by atoms with Gasteiger partial charge >= 0.3 is 0 Å². The highest BCUT2D eigenvalue weighted by atomic mass is 16.1. The first kappa shape index (κ1) is 15.3. The third kappa shape index (κ3) is 3.26. The minimum atomic E-state index is 0.0280. The van der Waals surface area contributed by atoms with Gasteiger partial charge in [0.05, 0.1) is 17.5 Å². The van der Waals surface area contributed by atoms with Gasteiger partial charge in [-0.3, -0.25) is 4.79 Å². The Morgan fingerprint density at radius 1 is 1.17 bits per heavy atom. The Labute approximate surface area is 136 Å². The first-order valence-electron chi connectivity index (χ1n) is 7.78. The molecule has 0 bridgehead atoms. The molecule has 0 fully saturated rings. The summed E-state index contributed by atoms with van der Waals surface area (Å²) in [5.41, 5.74) is 5.36. The minimum absolute atomic E-state index is 0.0280. The molecule has 0 aliphatic rings. The van der Waals surface area contributed by atoms with Gasteiger partial charge in [-0.1, -0.05) is 30.3 Å². The molecule has 0 saturated heterocycles. The number of benzene rings is 2. The van der Waals surface area contributed by atoms with Crippen molar-refractivity contribution in [2.75, 3.05) is 0 Å². The zero-order valence-corrected chi connectivity index (χ0v) is 13.8. The summed E-state index contributed by atoms with van der Waals surface area (Å²) in [6, 6.07) is 14.1. The van der Waals surface area contributed by atoms with Crippen LogP contribution in [0.25, 0.3) is 11.0 Å². The summed E-state index contributed by atoms with van der Waals surface area (Å²) in [5, 5.41) is 2.99. The number of nitrogens with one attached hydrogen (secondary N) is 1. The van der Waals surface area contributed by atoms with Gasteiger partial charge in [-0.15, -0.1) is 0 Å². The van der Waals surface area contributed by atoms with E-state index < -0.39 is 0 Å². The number of aryl methyl sites for hydroxylation is 3. The monoisotopic (exact) mass is 307 g/mol. The molecule has 0 aliphatic carbocycles. The maximum atomic E-state index is 12.2. The molecule has 0 aliphatic heterocycles. The van der Waals surface area contributed by atoms with Crippen LogP contribution in [0.5, 0.6) is 0 Å². The van der Waals surface area contributed by atoms with Crippen LogP contribution < -0.4 is 5.32 Å². The Kier molecular flexibility index (Phi) is 4.15. The average Bonchev–Trinajstić information content (AvgIpc) is 2.81. The summed E-state index contributed by atoms with van der Waals surface area (Å²) in [5.74, 6) is 1.00. The van der Waals surface area contributed by atoms with Crippen LogP contribution in [0.2, 0.25) is 0 Å². The van der Waals surface area contributed by atoms with Crippen molar-refractivity contribution in [3.63, 3.8) is 0 Å². The van der Waals surface area contributed by atoms with Gasteiger partial charge in [0.1, 0.15) is 5.82 Å². The molecule has 1 aromatic heterocycles. The number of carbonyl (C=O) groups is 1. The van der Waals surface area contributed by atoms with Crippen LogP contribution >= 0.6 is 0 Å². The molecular formula is C19H21N3O. The van der Waals surface area contributed by atoms with Crippen molar-refractivity contribution in [2.24, 2.45) is 7.05 Å². The molecule has 4 heteroatoms. The summed E-state index contributed by atoms with van der Waals surface area (Å²) in [6.45, 7) is 4.60. The Balaban J connectivity index is 1.67. The molecule has 0 spiro atoms. The lowest BCUT2D eigenvalue weighted by molar-refractivity contribution is -0.120. The Morgan fingerprint density at radius 2 is 1.96 bits per heavy atom. The SMILES string of the molecule is Cc1ccccc1CNC(=O)Cc1ccc2c(c1)nc(C)n2C. The average molecular weight is 307 g/mol. The van der Waals surface area contributed by atoms with Crippen LogP contribution in [0.15, 0.2) is 42.5 Å². The standard InChI is InChI=1S/C19H21N3O/c1-13-6-4-5-7-16(13)12-20-19(23)11-15-8-9-18-17(10-15)21-14(2)22(18)3/h4-10H,11-12H2,1-3H3,(H,20,23). The number of nitrogens with zero attached hydrogens (tertiary/aromatic N) is 2. The molecule has 0 saturated carbocycles. The Bertz CT molecular complexity index is 864. The number of aromatic nitrogens is 2. The van der Waals surface area contributed by atoms with E-state index in [1.165, 1.54) is 5.56 Å².